The number of ether oxygens (including phenoxy) is 1. The van der Waals surface area contributed by atoms with E-state index in [0.717, 1.165) is 6.42 Å². The van der Waals surface area contributed by atoms with Crippen LogP contribution in [0.1, 0.15) is 33.6 Å². The first kappa shape index (κ1) is 14.9. The average molecular weight is 264 g/mol. The van der Waals surface area contributed by atoms with E-state index in [4.69, 9.17) is 4.74 Å². The first-order chi connectivity index (χ1) is 7.73. The van der Waals surface area contributed by atoms with Crippen molar-refractivity contribution in [2.24, 2.45) is 11.8 Å². The minimum absolute atomic E-state index is 0.0493. The molecule has 0 bridgehead atoms. The summed E-state index contributed by atoms with van der Waals surface area (Å²) in [4.78, 5) is 0. The largest absolute Gasteiger partial charge is 0.396 e. The lowest BCUT2D eigenvalue weighted by Gasteiger charge is -2.24. The third kappa shape index (κ3) is 5.36. The number of sulfone groups is 1. The van der Waals surface area contributed by atoms with E-state index in [2.05, 4.69) is 0 Å². The third-order valence-electron chi connectivity index (χ3n) is 3.19. The summed E-state index contributed by atoms with van der Waals surface area (Å²) in [6, 6.07) is 0. The Bertz CT molecular complexity index is 329. The zero-order valence-corrected chi connectivity index (χ0v) is 11.8. The molecule has 2 unspecified atom stereocenters. The molecule has 4 nitrogen and oxygen atoms in total. The van der Waals surface area contributed by atoms with Gasteiger partial charge in [-0.1, -0.05) is 0 Å². The molecule has 0 aliphatic carbocycles. The number of rotatable bonds is 5. The molecule has 102 valence electrons. The first-order valence-electron chi connectivity index (χ1n) is 6.19. The Labute approximate surface area is 104 Å². The summed E-state index contributed by atoms with van der Waals surface area (Å²) in [5.74, 6) is 0.658. The normalized spacial score (nSPS) is 26.0. The van der Waals surface area contributed by atoms with Crippen molar-refractivity contribution in [2.75, 3.05) is 24.7 Å². The molecule has 0 aromatic heterocycles. The molecule has 0 aromatic rings. The van der Waals surface area contributed by atoms with Gasteiger partial charge in [-0.15, -0.1) is 0 Å². The average Bonchev–Trinajstić information content (AvgIpc) is 2.52. The fraction of sp³-hybridized carbons (Fsp3) is 1.00. The maximum atomic E-state index is 11.4. The van der Waals surface area contributed by atoms with E-state index in [1.54, 1.807) is 0 Å². The summed E-state index contributed by atoms with van der Waals surface area (Å²) in [7, 11) is -2.86. The van der Waals surface area contributed by atoms with Crippen molar-refractivity contribution >= 4 is 9.84 Å². The number of aliphatic hydroxyl groups excluding tert-OH is 1. The molecule has 1 N–H and O–H groups in total. The molecule has 1 aliphatic heterocycles. The van der Waals surface area contributed by atoms with Crippen LogP contribution in [-0.4, -0.2) is 43.8 Å². The van der Waals surface area contributed by atoms with Gasteiger partial charge in [0.15, 0.2) is 9.84 Å². The monoisotopic (exact) mass is 264 g/mol. The molecule has 1 fully saturated rings. The van der Waals surface area contributed by atoms with Gasteiger partial charge >= 0.3 is 0 Å². The Morgan fingerprint density at radius 2 is 2.06 bits per heavy atom. The molecule has 1 rings (SSSR count). The maximum Gasteiger partial charge on any atom is 0.150 e. The van der Waals surface area contributed by atoms with Crippen molar-refractivity contribution in [3.63, 3.8) is 0 Å². The highest BCUT2D eigenvalue weighted by Crippen LogP contribution is 2.28. The van der Waals surface area contributed by atoms with E-state index in [1.807, 2.05) is 20.8 Å². The molecule has 5 heteroatoms. The molecule has 1 aliphatic rings. The van der Waals surface area contributed by atoms with Gasteiger partial charge in [0.05, 0.1) is 17.1 Å². The quantitative estimate of drug-likeness (QED) is 0.811. The molecule has 1 heterocycles. The van der Waals surface area contributed by atoms with Gasteiger partial charge in [-0.2, -0.15) is 0 Å². The van der Waals surface area contributed by atoms with Crippen molar-refractivity contribution < 1.29 is 18.3 Å². The Morgan fingerprint density at radius 1 is 1.41 bits per heavy atom. The van der Waals surface area contributed by atoms with Gasteiger partial charge in [-0.25, -0.2) is 8.42 Å². The molecule has 17 heavy (non-hydrogen) atoms. The molecule has 2 atom stereocenters. The van der Waals surface area contributed by atoms with Crippen LogP contribution in [0.5, 0.6) is 0 Å². The molecule has 0 spiro atoms. The SMILES string of the molecule is CC(C)(C)OCCC(CO)C1CCS(=O)(=O)C1. The van der Waals surface area contributed by atoms with Crippen LogP contribution >= 0.6 is 0 Å². The van der Waals surface area contributed by atoms with Crippen molar-refractivity contribution in [3.05, 3.63) is 0 Å². The highest BCUT2D eigenvalue weighted by molar-refractivity contribution is 7.91. The molecule has 0 amide bonds. The Kier molecular flexibility index (Phi) is 4.98. The van der Waals surface area contributed by atoms with Crippen LogP contribution in [0.15, 0.2) is 0 Å². The highest BCUT2D eigenvalue weighted by Gasteiger charge is 2.33. The van der Waals surface area contributed by atoms with Crippen molar-refractivity contribution in [3.8, 4) is 0 Å². The van der Waals surface area contributed by atoms with Crippen LogP contribution in [0.2, 0.25) is 0 Å². The summed E-state index contributed by atoms with van der Waals surface area (Å²) < 4.78 is 28.4. The van der Waals surface area contributed by atoms with Crippen LogP contribution in [0.3, 0.4) is 0 Å². The summed E-state index contributed by atoms with van der Waals surface area (Å²) in [5, 5.41) is 9.34. The van der Waals surface area contributed by atoms with E-state index in [-0.39, 0.29) is 35.5 Å². The van der Waals surface area contributed by atoms with Gasteiger partial charge < -0.3 is 9.84 Å². The van der Waals surface area contributed by atoms with Gasteiger partial charge in [0.25, 0.3) is 0 Å². The topological polar surface area (TPSA) is 63.6 Å². The molecular weight excluding hydrogens is 240 g/mol. The van der Waals surface area contributed by atoms with Crippen molar-refractivity contribution in [1.82, 2.24) is 0 Å². The number of hydrogen-bond donors (Lipinski definition) is 1. The lowest BCUT2D eigenvalue weighted by Crippen LogP contribution is -2.25. The van der Waals surface area contributed by atoms with Gasteiger partial charge in [-0.05, 0) is 45.4 Å². The fourth-order valence-electron chi connectivity index (χ4n) is 2.19. The predicted molar refractivity (Wildman–Crippen MR) is 67.7 cm³/mol. The number of hydrogen-bond acceptors (Lipinski definition) is 4. The second-order valence-electron chi connectivity index (χ2n) is 5.86. The second-order valence-corrected chi connectivity index (χ2v) is 8.08. The zero-order valence-electron chi connectivity index (χ0n) is 11.0. The third-order valence-corrected chi connectivity index (χ3v) is 4.99. The summed E-state index contributed by atoms with van der Waals surface area (Å²) in [6.45, 7) is 6.59. The minimum atomic E-state index is -2.86. The van der Waals surface area contributed by atoms with Crippen LogP contribution in [0.4, 0.5) is 0 Å². The smallest absolute Gasteiger partial charge is 0.150 e. The molecular formula is C12H24O4S. The Balaban J connectivity index is 2.39. The molecule has 1 saturated heterocycles. The van der Waals surface area contributed by atoms with Gasteiger partial charge in [-0.3, -0.25) is 0 Å². The van der Waals surface area contributed by atoms with E-state index < -0.39 is 9.84 Å². The second kappa shape index (κ2) is 5.67. The van der Waals surface area contributed by atoms with Crippen LogP contribution < -0.4 is 0 Å². The first-order valence-corrected chi connectivity index (χ1v) is 8.01. The number of aliphatic hydroxyl groups is 1. The minimum Gasteiger partial charge on any atom is -0.396 e. The Hall–Kier alpha value is -0.130. The van der Waals surface area contributed by atoms with E-state index in [0.29, 0.717) is 13.0 Å². The molecule has 0 aromatic carbocycles. The summed E-state index contributed by atoms with van der Waals surface area (Å²) >= 11 is 0. The van der Waals surface area contributed by atoms with Gasteiger partial charge in [0.2, 0.25) is 0 Å². The van der Waals surface area contributed by atoms with Crippen LogP contribution in [0.25, 0.3) is 0 Å². The standard InChI is InChI=1S/C12H24O4S/c1-12(2,3)16-6-4-10(8-13)11-5-7-17(14,15)9-11/h10-11,13H,4-9H2,1-3H3. The van der Waals surface area contributed by atoms with Crippen LogP contribution in [0, 0.1) is 11.8 Å². The lowest BCUT2D eigenvalue weighted by atomic mass is 9.90. The predicted octanol–water partition coefficient (Wildman–Crippen LogP) is 1.23. The molecule has 0 saturated carbocycles. The molecule has 0 radical (unpaired) electrons. The van der Waals surface area contributed by atoms with E-state index in [9.17, 15) is 13.5 Å². The van der Waals surface area contributed by atoms with Crippen molar-refractivity contribution in [2.45, 2.75) is 39.2 Å². The van der Waals surface area contributed by atoms with Gasteiger partial charge in [0, 0.05) is 13.2 Å². The summed E-state index contributed by atoms with van der Waals surface area (Å²) in [5.41, 5.74) is -0.179. The van der Waals surface area contributed by atoms with E-state index in [1.165, 1.54) is 0 Å². The lowest BCUT2D eigenvalue weighted by molar-refractivity contribution is -0.0156. The fourth-order valence-corrected chi connectivity index (χ4v) is 4.11. The van der Waals surface area contributed by atoms with E-state index >= 15 is 0 Å². The maximum absolute atomic E-state index is 11.4. The van der Waals surface area contributed by atoms with Gasteiger partial charge in [0.1, 0.15) is 0 Å². The van der Waals surface area contributed by atoms with Crippen molar-refractivity contribution in [1.29, 1.82) is 0 Å². The Morgan fingerprint density at radius 3 is 2.47 bits per heavy atom. The summed E-state index contributed by atoms with van der Waals surface area (Å²) in [6.07, 6.45) is 1.41. The highest BCUT2D eigenvalue weighted by atomic mass is 32.2. The van der Waals surface area contributed by atoms with Crippen LogP contribution in [-0.2, 0) is 14.6 Å². The zero-order chi connectivity index (χ0) is 13.1.